The fraction of sp³-hybridized carbons (Fsp3) is 0.0351. The van der Waals surface area contributed by atoms with E-state index in [-0.39, 0.29) is 5.92 Å². The third-order valence-electron chi connectivity index (χ3n) is 12.3. The molecule has 62 heavy (non-hydrogen) atoms. The van der Waals surface area contributed by atoms with E-state index in [1.807, 2.05) is 18.2 Å². The first-order chi connectivity index (χ1) is 30.7. The van der Waals surface area contributed by atoms with Crippen LogP contribution in [0.4, 0.5) is 0 Å². The summed E-state index contributed by atoms with van der Waals surface area (Å²) < 4.78 is 4.69. The first kappa shape index (κ1) is 35.8. The zero-order chi connectivity index (χ0) is 41.0. The topological polar surface area (TPSA) is 48.5 Å². The van der Waals surface area contributed by atoms with E-state index < -0.39 is 0 Å². The van der Waals surface area contributed by atoms with Crippen molar-refractivity contribution in [1.82, 2.24) is 24.1 Å². The maximum atomic E-state index is 5.30. The fourth-order valence-electron chi connectivity index (χ4n) is 9.33. The third kappa shape index (κ3) is 6.05. The third-order valence-corrected chi connectivity index (χ3v) is 12.3. The fourth-order valence-corrected chi connectivity index (χ4v) is 9.33. The van der Waals surface area contributed by atoms with Gasteiger partial charge in [-0.1, -0.05) is 170 Å². The van der Waals surface area contributed by atoms with Gasteiger partial charge in [0.2, 0.25) is 5.95 Å². The number of fused-ring (bicyclic) bond motifs is 6. The van der Waals surface area contributed by atoms with Gasteiger partial charge in [-0.15, -0.1) is 0 Å². The van der Waals surface area contributed by atoms with E-state index in [0.29, 0.717) is 11.8 Å². The Morgan fingerprint density at radius 1 is 0.387 bits per heavy atom. The Morgan fingerprint density at radius 2 is 0.935 bits per heavy atom. The quantitative estimate of drug-likeness (QED) is 0.161. The molecule has 1 unspecified atom stereocenters. The molecule has 3 heterocycles. The number of nitrogens with zero attached hydrogens (tertiary/aromatic N) is 5. The standard InChI is InChI=1S/C57H39N5/c1-5-19-38(20-6-1)42-33-43(39-21-7-2-8-22-39)35-44(34-42)45-27-13-16-30-50(45)61-51-31-17-14-28-46(51)48-36-49-47-29-15-18-32-52(47)62(54(49)37-53(48)61)57-59-55(40-23-9-3-10-24-40)58-56(60-57)41-25-11-4-12-26-41/h1-25,27-37,41H,26H2. The zero-order valence-corrected chi connectivity index (χ0v) is 33.8. The van der Waals surface area contributed by atoms with Crippen LogP contribution in [0.3, 0.4) is 0 Å². The summed E-state index contributed by atoms with van der Waals surface area (Å²) in [6.07, 6.45) is 9.40. The lowest BCUT2D eigenvalue weighted by atomic mass is 9.92. The number of rotatable bonds is 7. The van der Waals surface area contributed by atoms with Crippen LogP contribution in [0.15, 0.2) is 218 Å². The van der Waals surface area contributed by atoms with Gasteiger partial charge in [-0.25, -0.2) is 4.98 Å². The highest BCUT2D eigenvalue weighted by Gasteiger charge is 2.23. The SMILES string of the molecule is C1=CCC(c2nc(-c3ccccc3)nc(-n3c4ccccc4c4cc5c6ccccc6n(-c6ccccc6-c6cc(-c7ccccc7)cc(-c7ccccc7)c6)c5cc43)n2)C=C1. The van der Waals surface area contributed by atoms with Crippen LogP contribution >= 0.6 is 0 Å². The molecule has 0 bridgehead atoms. The summed E-state index contributed by atoms with van der Waals surface area (Å²) in [5.41, 5.74) is 13.4. The monoisotopic (exact) mass is 793 g/mol. The molecule has 1 aliphatic carbocycles. The summed E-state index contributed by atoms with van der Waals surface area (Å²) in [7, 11) is 0. The molecule has 0 spiro atoms. The van der Waals surface area contributed by atoms with Gasteiger partial charge < -0.3 is 4.57 Å². The Labute approximate surface area is 359 Å². The minimum atomic E-state index is 0.0471. The highest BCUT2D eigenvalue weighted by Crippen LogP contribution is 2.42. The lowest BCUT2D eigenvalue weighted by Gasteiger charge is -2.17. The van der Waals surface area contributed by atoms with E-state index in [0.717, 1.165) is 67.5 Å². The van der Waals surface area contributed by atoms with Gasteiger partial charge in [0.15, 0.2) is 5.82 Å². The van der Waals surface area contributed by atoms with Gasteiger partial charge in [0.25, 0.3) is 0 Å². The molecular weight excluding hydrogens is 755 g/mol. The second kappa shape index (κ2) is 14.8. The highest BCUT2D eigenvalue weighted by molar-refractivity contribution is 6.19. The molecule has 0 aliphatic heterocycles. The molecule has 0 saturated carbocycles. The Bertz CT molecular complexity index is 3480. The number of hydrogen-bond acceptors (Lipinski definition) is 3. The summed E-state index contributed by atoms with van der Waals surface area (Å²) in [4.78, 5) is 15.6. The maximum absolute atomic E-state index is 5.30. The van der Waals surface area contributed by atoms with Crippen LogP contribution < -0.4 is 0 Å². The van der Waals surface area contributed by atoms with Crippen molar-refractivity contribution in [3.05, 3.63) is 224 Å². The molecule has 5 heteroatoms. The van der Waals surface area contributed by atoms with Gasteiger partial charge in [-0.2, -0.15) is 9.97 Å². The maximum Gasteiger partial charge on any atom is 0.238 e. The van der Waals surface area contributed by atoms with Gasteiger partial charge in [0.1, 0.15) is 5.82 Å². The van der Waals surface area contributed by atoms with Crippen molar-refractivity contribution in [2.45, 2.75) is 12.3 Å². The smallest absolute Gasteiger partial charge is 0.238 e. The first-order valence-corrected chi connectivity index (χ1v) is 21.2. The van der Waals surface area contributed by atoms with Crippen LogP contribution in [0.2, 0.25) is 0 Å². The Balaban J connectivity index is 1.13. The molecule has 12 rings (SSSR count). The molecule has 3 aromatic heterocycles. The van der Waals surface area contributed by atoms with Gasteiger partial charge in [0.05, 0.1) is 27.8 Å². The van der Waals surface area contributed by atoms with Gasteiger partial charge >= 0.3 is 0 Å². The zero-order valence-electron chi connectivity index (χ0n) is 33.8. The molecule has 0 amide bonds. The second-order valence-corrected chi connectivity index (χ2v) is 16.0. The molecule has 0 N–H and O–H groups in total. The van der Waals surface area contributed by atoms with Crippen molar-refractivity contribution in [2.24, 2.45) is 0 Å². The van der Waals surface area contributed by atoms with E-state index in [4.69, 9.17) is 15.0 Å². The van der Waals surface area contributed by atoms with Crippen LogP contribution in [-0.2, 0) is 0 Å². The van der Waals surface area contributed by atoms with E-state index in [2.05, 4.69) is 209 Å². The molecule has 0 fully saturated rings. The summed E-state index contributed by atoms with van der Waals surface area (Å²) in [6.45, 7) is 0. The number of benzene rings is 8. The summed E-state index contributed by atoms with van der Waals surface area (Å²) in [5, 5.41) is 4.69. The molecule has 1 atom stereocenters. The highest BCUT2D eigenvalue weighted by atomic mass is 15.2. The Hall–Kier alpha value is -8.15. The lowest BCUT2D eigenvalue weighted by Crippen LogP contribution is -2.11. The van der Waals surface area contributed by atoms with Crippen LogP contribution in [0, 0.1) is 0 Å². The van der Waals surface area contributed by atoms with Gasteiger partial charge in [-0.3, -0.25) is 4.57 Å². The van der Waals surface area contributed by atoms with E-state index in [1.54, 1.807) is 0 Å². The lowest BCUT2D eigenvalue weighted by molar-refractivity contribution is 0.750. The van der Waals surface area contributed by atoms with Crippen molar-refractivity contribution >= 4 is 43.6 Å². The minimum Gasteiger partial charge on any atom is -0.309 e. The van der Waals surface area contributed by atoms with E-state index in [9.17, 15) is 0 Å². The number of hydrogen-bond donors (Lipinski definition) is 0. The minimum absolute atomic E-state index is 0.0471. The second-order valence-electron chi connectivity index (χ2n) is 16.0. The summed E-state index contributed by atoms with van der Waals surface area (Å²) in [6, 6.07) is 69.6. The molecule has 0 saturated heterocycles. The van der Waals surface area contributed by atoms with E-state index in [1.165, 1.54) is 33.0 Å². The average molecular weight is 794 g/mol. The van der Waals surface area contributed by atoms with Gasteiger partial charge in [0, 0.05) is 38.6 Å². The largest absolute Gasteiger partial charge is 0.309 e. The number of para-hydroxylation sites is 3. The number of aromatic nitrogens is 5. The van der Waals surface area contributed by atoms with E-state index >= 15 is 0 Å². The van der Waals surface area contributed by atoms with Crippen molar-refractivity contribution in [3.63, 3.8) is 0 Å². The molecule has 0 radical (unpaired) electrons. The molecule has 5 nitrogen and oxygen atoms in total. The van der Waals surface area contributed by atoms with Crippen LogP contribution in [0.5, 0.6) is 0 Å². The van der Waals surface area contributed by atoms with Crippen molar-refractivity contribution in [3.8, 4) is 56.4 Å². The average Bonchev–Trinajstić information content (AvgIpc) is 3.86. The Kier molecular flexibility index (Phi) is 8.56. The van der Waals surface area contributed by atoms with Crippen LogP contribution in [-0.4, -0.2) is 24.1 Å². The molecule has 1 aliphatic rings. The molecule has 292 valence electrons. The number of allylic oxidation sites excluding steroid dienone is 4. The van der Waals surface area contributed by atoms with Crippen molar-refractivity contribution in [2.75, 3.05) is 0 Å². The van der Waals surface area contributed by atoms with Crippen molar-refractivity contribution < 1.29 is 0 Å². The first-order valence-electron chi connectivity index (χ1n) is 21.2. The van der Waals surface area contributed by atoms with Crippen LogP contribution in [0.25, 0.3) is 100 Å². The predicted octanol–water partition coefficient (Wildman–Crippen LogP) is 14.3. The summed E-state index contributed by atoms with van der Waals surface area (Å²) in [5.74, 6) is 2.08. The Morgan fingerprint density at radius 3 is 1.58 bits per heavy atom. The van der Waals surface area contributed by atoms with Crippen molar-refractivity contribution in [1.29, 1.82) is 0 Å². The van der Waals surface area contributed by atoms with Gasteiger partial charge in [-0.05, 0) is 82.8 Å². The van der Waals surface area contributed by atoms with Crippen LogP contribution in [0.1, 0.15) is 18.2 Å². The predicted molar refractivity (Wildman–Crippen MR) is 256 cm³/mol. The molecule has 11 aromatic rings. The summed E-state index contributed by atoms with van der Waals surface area (Å²) >= 11 is 0. The normalized spacial score (nSPS) is 13.8. The molecular formula is C57H39N5. The molecule has 8 aromatic carbocycles.